The third kappa shape index (κ3) is 1.68. The number of halogens is 2. The SMILES string of the molecule is Fc1ccc(C2OCCO2)cc1F. The maximum atomic E-state index is 12.7. The lowest BCUT2D eigenvalue weighted by Gasteiger charge is -2.08. The van der Waals surface area contributed by atoms with Crippen molar-refractivity contribution in [2.45, 2.75) is 6.29 Å². The van der Waals surface area contributed by atoms with Crippen LogP contribution in [0.1, 0.15) is 11.9 Å². The number of rotatable bonds is 1. The second kappa shape index (κ2) is 3.40. The number of hydrogen-bond donors (Lipinski definition) is 0. The molecule has 0 aromatic heterocycles. The first-order valence-corrected chi connectivity index (χ1v) is 3.95. The van der Waals surface area contributed by atoms with Gasteiger partial charge in [0.05, 0.1) is 13.2 Å². The van der Waals surface area contributed by atoms with Gasteiger partial charge in [0.2, 0.25) is 0 Å². The molecule has 0 spiro atoms. The van der Waals surface area contributed by atoms with Crippen molar-refractivity contribution < 1.29 is 18.3 Å². The second-order valence-corrected chi connectivity index (χ2v) is 2.75. The van der Waals surface area contributed by atoms with E-state index in [4.69, 9.17) is 9.47 Å². The molecule has 1 heterocycles. The van der Waals surface area contributed by atoms with Crippen molar-refractivity contribution in [3.63, 3.8) is 0 Å². The van der Waals surface area contributed by atoms with E-state index in [9.17, 15) is 8.78 Å². The molecule has 0 unspecified atom stereocenters. The first kappa shape index (κ1) is 8.59. The molecule has 1 fully saturated rings. The van der Waals surface area contributed by atoms with E-state index in [0.29, 0.717) is 18.8 Å². The van der Waals surface area contributed by atoms with E-state index in [1.165, 1.54) is 6.07 Å². The summed E-state index contributed by atoms with van der Waals surface area (Å²) in [4.78, 5) is 0. The summed E-state index contributed by atoms with van der Waals surface area (Å²) in [6.07, 6.45) is -0.546. The molecule has 0 atom stereocenters. The highest BCUT2D eigenvalue weighted by Gasteiger charge is 2.19. The van der Waals surface area contributed by atoms with E-state index < -0.39 is 17.9 Å². The molecule has 0 saturated carbocycles. The van der Waals surface area contributed by atoms with Gasteiger partial charge in [-0.05, 0) is 12.1 Å². The first-order valence-electron chi connectivity index (χ1n) is 3.95. The summed E-state index contributed by atoms with van der Waals surface area (Å²) in [6.45, 7) is 0.979. The van der Waals surface area contributed by atoms with Crippen molar-refractivity contribution >= 4 is 0 Å². The van der Waals surface area contributed by atoms with Crippen molar-refractivity contribution in [3.05, 3.63) is 35.4 Å². The van der Waals surface area contributed by atoms with E-state index in [1.54, 1.807) is 0 Å². The minimum absolute atomic E-state index is 0.490. The largest absolute Gasteiger partial charge is 0.346 e. The molecule has 1 aromatic carbocycles. The highest BCUT2D eigenvalue weighted by atomic mass is 19.2. The lowest BCUT2D eigenvalue weighted by Crippen LogP contribution is -1.99. The van der Waals surface area contributed by atoms with Crippen molar-refractivity contribution in [2.75, 3.05) is 13.2 Å². The van der Waals surface area contributed by atoms with Gasteiger partial charge >= 0.3 is 0 Å². The third-order valence-corrected chi connectivity index (χ3v) is 1.84. The Balaban J connectivity index is 2.25. The summed E-state index contributed by atoms with van der Waals surface area (Å²) in [5, 5.41) is 0. The zero-order valence-corrected chi connectivity index (χ0v) is 6.80. The van der Waals surface area contributed by atoms with E-state index >= 15 is 0 Å². The van der Waals surface area contributed by atoms with Gasteiger partial charge in [0.25, 0.3) is 0 Å². The predicted octanol–water partition coefficient (Wildman–Crippen LogP) is 2.01. The molecule has 0 amide bonds. The Morgan fingerprint density at radius 2 is 1.77 bits per heavy atom. The molecule has 0 aliphatic carbocycles. The predicted molar refractivity (Wildman–Crippen MR) is 41.0 cm³/mol. The molecular weight excluding hydrogens is 178 g/mol. The van der Waals surface area contributed by atoms with Crippen molar-refractivity contribution in [3.8, 4) is 0 Å². The van der Waals surface area contributed by atoms with Crippen molar-refractivity contribution in [1.82, 2.24) is 0 Å². The Morgan fingerprint density at radius 1 is 1.08 bits per heavy atom. The fraction of sp³-hybridized carbons (Fsp3) is 0.333. The molecule has 4 heteroatoms. The van der Waals surface area contributed by atoms with Crippen LogP contribution < -0.4 is 0 Å². The Labute approximate surface area is 74.1 Å². The fourth-order valence-corrected chi connectivity index (χ4v) is 1.21. The fourth-order valence-electron chi connectivity index (χ4n) is 1.21. The zero-order chi connectivity index (χ0) is 9.26. The lowest BCUT2D eigenvalue weighted by molar-refractivity contribution is -0.0443. The van der Waals surface area contributed by atoms with Crippen LogP contribution in [0.4, 0.5) is 8.78 Å². The van der Waals surface area contributed by atoms with E-state index in [0.717, 1.165) is 12.1 Å². The van der Waals surface area contributed by atoms with Crippen molar-refractivity contribution in [1.29, 1.82) is 0 Å². The van der Waals surface area contributed by atoms with Crippen LogP contribution in [-0.2, 0) is 9.47 Å². The molecule has 0 bridgehead atoms. The Kier molecular flexibility index (Phi) is 2.24. The maximum absolute atomic E-state index is 12.7. The van der Waals surface area contributed by atoms with Crippen LogP contribution in [0.3, 0.4) is 0 Å². The van der Waals surface area contributed by atoms with Gasteiger partial charge in [-0.2, -0.15) is 0 Å². The van der Waals surface area contributed by atoms with Gasteiger partial charge in [-0.25, -0.2) is 8.78 Å². The molecular formula is C9H8F2O2. The van der Waals surface area contributed by atoms with Crippen LogP contribution in [0, 0.1) is 11.6 Å². The molecule has 1 aliphatic heterocycles. The molecule has 13 heavy (non-hydrogen) atoms. The van der Waals surface area contributed by atoms with E-state index in [1.807, 2.05) is 0 Å². The summed E-state index contributed by atoms with van der Waals surface area (Å²) >= 11 is 0. The first-order chi connectivity index (χ1) is 6.27. The molecule has 1 saturated heterocycles. The average Bonchev–Trinajstić information content (AvgIpc) is 2.62. The van der Waals surface area contributed by atoms with Crippen molar-refractivity contribution in [2.24, 2.45) is 0 Å². The Bertz CT molecular complexity index is 308. The Morgan fingerprint density at radius 3 is 2.38 bits per heavy atom. The molecule has 0 N–H and O–H groups in total. The monoisotopic (exact) mass is 186 g/mol. The third-order valence-electron chi connectivity index (χ3n) is 1.84. The van der Waals surface area contributed by atoms with E-state index in [2.05, 4.69) is 0 Å². The standard InChI is InChI=1S/C9H8F2O2/c10-7-2-1-6(5-8(7)11)9-12-3-4-13-9/h1-2,5,9H,3-4H2. The minimum Gasteiger partial charge on any atom is -0.346 e. The summed E-state index contributed by atoms with van der Waals surface area (Å²) in [7, 11) is 0. The van der Waals surface area contributed by atoms with Crippen LogP contribution in [0.25, 0.3) is 0 Å². The number of benzene rings is 1. The smallest absolute Gasteiger partial charge is 0.184 e. The maximum Gasteiger partial charge on any atom is 0.184 e. The van der Waals surface area contributed by atoms with Gasteiger partial charge in [0, 0.05) is 5.56 Å². The summed E-state index contributed by atoms with van der Waals surface area (Å²) in [6, 6.07) is 3.61. The van der Waals surface area contributed by atoms with Gasteiger partial charge in [-0.1, -0.05) is 6.07 Å². The zero-order valence-electron chi connectivity index (χ0n) is 6.80. The van der Waals surface area contributed by atoms with Crippen LogP contribution >= 0.6 is 0 Å². The van der Waals surface area contributed by atoms with Gasteiger partial charge in [0.15, 0.2) is 17.9 Å². The second-order valence-electron chi connectivity index (χ2n) is 2.75. The quantitative estimate of drug-likeness (QED) is 0.667. The number of ether oxygens (including phenoxy) is 2. The summed E-state index contributed by atoms with van der Waals surface area (Å²) in [5.41, 5.74) is 0.511. The van der Waals surface area contributed by atoms with Gasteiger partial charge in [-0.15, -0.1) is 0 Å². The highest BCUT2D eigenvalue weighted by Crippen LogP contribution is 2.24. The molecule has 1 aliphatic rings. The summed E-state index contributed by atoms with van der Waals surface area (Å²) in [5.74, 6) is -1.74. The topological polar surface area (TPSA) is 18.5 Å². The van der Waals surface area contributed by atoms with Gasteiger partial charge < -0.3 is 9.47 Å². The summed E-state index contributed by atoms with van der Waals surface area (Å²) < 4.78 is 35.5. The Hall–Kier alpha value is -1.00. The highest BCUT2D eigenvalue weighted by molar-refractivity contribution is 5.19. The molecule has 2 nitrogen and oxygen atoms in total. The van der Waals surface area contributed by atoms with E-state index in [-0.39, 0.29) is 0 Å². The number of hydrogen-bond acceptors (Lipinski definition) is 2. The molecule has 70 valence electrons. The van der Waals surface area contributed by atoms with Gasteiger partial charge in [0.1, 0.15) is 0 Å². The van der Waals surface area contributed by atoms with Crippen LogP contribution in [0.5, 0.6) is 0 Å². The normalized spacial score (nSPS) is 18.0. The average molecular weight is 186 g/mol. The molecule has 2 rings (SSSR count). The van der Waals surface area contributed by atoms with Crippen LogP contribution in [-0.4, -0.2) is 13.2 Å². The van der Waals surface area contributed by atoms with Crippen LogP contribution in [0.15, 0.2) is 18.2 Å². The van der Waals surface area contributed by atoms with Gasteiger partial charge in [-0.3, -0.25) is 0 Å². The lowest BCUT2D eigenvalue weighted by atomic mass is 10.2. The minimum atomic E-state index is -0.878. The van der Waals surface area contributed by atoms with Crippen LogP contribution in [0.2, 0.25) is 0 Å². The molecule has 1 aromatic rings. The molecule has 0 radical (unpaired) electrons.